The first-order valence-corrected chi connectivity index (χ1v) is 8.48. The van der Waals surface area contributed by atoms with Crippen molar-refractivity contribution in [2.45, 2.75) is 26.2 Å². The van der Waals surface area contributed by atoms with E-state index >= 15 is 0 Å². The van der Waals surface area contributed by atoms with Crippen LogP contribution in [-0.4, -0.2) is 13.1 Å². The van der Waals surface area contributed by atoms with Gasteiger partial charge in [-0.1, -0.05) is 30.3 Å². The third-order valence-electron chi connectivity index (χ3n) is 4.39. The molecular formula is C20H21N6+. The van der Waals surface area contributed by atoms with Gasteiger partial charge in [0.2, 0.25) is 11.6 Å². The number of aromatic amines is 1. The predicted molar refractivity (Wildman–Crippen MR) is 98.9 cm³/mol. The molecule has 0 spiro atoms. The zero-order valence-corrected chi connectivity index (χ0v) is 15.0. The number of hydrogen-bond donors (Lipinski definition) is 1. The zero-order chi connectivity index (χ0) is 19.1. The molecule has 1 atom stereocenters. The number of nitrogens with two attached hydrogens (primary N) is 1. The number of H-pyrrole nitrogens is 1. The van der Waals surface area contributed by atoms with Gasteiger partial charge >= 0.3 is 0 Å². The lowest BCUT2D eigenvalue weighted by molar-refractivity contribution is -0.346. The average Bonchev–Trinajstić information content (AvgIpc) is 2.67. The maximum Gasteiger partial charge on any atom is 0.240 e. The molecule has 2 rings (SSSR count). The Morgan fingerprint density at radius 2 is 1.65 bits per heavy atom. The van der Waals surface area contributed by atoms with Crippen LogP contribution in [-0.2, 0) is 6.42 Å². The Hall–Kier alpha value is -3.56. The molecule has 0 aliphatic rings. The Bertz CT molecular complexity index is 895. The van der Waals surface area contributed by atoms with E-state index in [1.54, 1.807) is 0 Å². The van der Waals surface area contributed by atoms with Gasteiger partial charge in [-0.3, -0.25) is 4.90 Å². The van der Waals surface area contributed by atoms with Crippen LogP contribution in [0.1, 0.15) is 42.0 Å². The second kappa shape index (κ2) is 8.51. The van der Waals surface area contributed by atoms with Gasteiger partial charge in [-0.05, 0) is 25.8 Å². The molecule has 0 unspecified atom stereocenters. The van der Waals surface area contributed by atoms with Crippen LogP contribution in [0.4, 0.5) is 11.6 Å². The van der Waals surface area contributed by atoms with E-state index in [-0.39, 0.29) is 11.4 Å². The first kappa shape index (κ1) is 18.8. The highest BCUT2D eigenvalue weighted by Gasteiger charge is 2.30. The number of pyridine rings is 1. The number of aromatic nitrogens is 1. The fourth-order valence-corrected chi connectivity index (χ4v) is 3.07. The first-order chi connectivity index (χ1) is 12.6. The van der Waals surface area contributed by atoms with Gasteiger partial charge in [0.05, 0.1) is 25.1 Å². The highest BCUT2D eigenvalue weighted by molar-refractivity contribution is 5.65. The van der Waals surface area contributed by atoms with Crippen LogP contribution < -0.4 is 15.6 Å². The molecule has 0 radical (unpaired) electrons. The third kappa shape index (κ3) is 3.58. The summed E-state index contributed by atoms with van der Waals surface area (Å²) in [5, 5.41) is 29.2. The molecule has 0 bridgehead atoms. The van der Waals surface area contributed by atoms with E-state index in [1.807, 2.05) is 49.1 Å². The fraction of sp³-hybridized carbons (Fsp3) is 0.300. The van der Waals surface area contributed by atoms with Gasteiger partial charge in [0.1, 0.15) is 23.3 Å². The van der Waals surface area contributed by atoms with Crippen molar-refractivity contribution >= 4 is 11.6 Å². The largest absolute Gasteiger partial charge is 0.318 e. The quantitative estimate of drug-likeness (QED) is 0.864. The summed E-state index contributed by atoms with van der Waals surface area (Å²) in [6.07, 6.45) is 0.405. The Balaban J connectivity index is 2.70. The summed E-state index contributed by atoms with van der Waals surface area (Å²) < 4.78 is 0. The predicted octanol–water partition coefficient (Wildman–Crippen LogP) is 2.52. The molecule has 0 saturated heterocycles. The third-order valence-corrected chi connectivity index (χ3v) is 4.39. The summed E-state index contributed by atoms with van der Waals surface area (Å²) in [4.78, 5) is 4.94. The SMILES string of the molecule is CCN(CC)c1[nH+]c(N)c(C#N)c([C@@H](C#N)Cc2ccccc2)c1C#N. The minimum atomic E-state index is -0.645. The van der Waals surface area contributed by atoms with Crippen LogP contribution in [0.3, 0.4) is 0 Å². The topological polar surface area (TPSA) is 115 Å². The van der Waals surface area contributed by atoms with Crippen molar-refractivity contribution in [2.24, 2.45) is 0 Å². The summed E-state index contributed by atoms with van der Waals surface area (Å²) >= 11 is 0. The number of hydrogen-bond acceptors (Lipinski definition) is 5. The van der Waals surface area contributed by atoms with Crippen molar-refractivity contribution < 1.29 is 4.98 Å². The summed E-state index contributed by atoms with van der Waals surface area (Å²) in [6, 6.07) is 16.0. The van der Waals surface area contributed by atoms with E-state index in [0.717, 1.165) is 5.56 Å². The van der Waals surface area contributed by atoms with Gasteiger partial charge in [-0.2, -0.15) is 15.8 Å². The van der Waals surface area contributed by atoms with Crippen LogP contribution in [0.5, 0.6) is 0 Å². The van der Waals surface area contributed by atoms with Crippen LogP contribution in [0.15, 0.2) is 30.3 Å². The molecule has 26 heavy (non-hydrogen) atoms. The van der Waals surface area contributed by atoms with E-state index in [0.29, 0.717) is 36.5 Å². The summed E-state index contributed by atoms with van der Waals surface area (Å²) in [7, 11) is 0. The van der Waals surface area contributed by atoms with Gasteiger partial charge < -0.3 is 5.73 Å². The minimum absolute atomic E-state index is 0.167. The maximum absolute atomic E-state index is 9.80. The van der Waals surface area contributed by atoms with Gasteiger partial charge in [-0.25, -0.2) is 4.98 Å². The highest BCUT2D eigenvalue weighted by atomic mass is 15.2. The molecule has 1 aromatic heterocycles. The summed E-state index contributed by atoms with van der Waals surface area (Å²) in [5.74, 6) is 0.0851. The van der Waals surface area contributed by atoms with Gasteiger partial charge in [0, 0.05) is 5.56 Å². The molecule has 6 heteroatoms. The lowest BCUT2D eigenvalue weighted by atomic mass is 9.87. The number of nitrogens with zero attached hydrogens (tertiary/aromatic N) is 4. The van der Waals surface area contributed by atoms with E-state index in [2.05, 4.69) is 23.2 Å². The molecular weight excluding hydrogens is 324 g/mol. The number of rotatable bonds is 6. The average molecular weight is 345 g/mol. The van der Waals surface area contributed by atoms with Crippen LogP contribution in [0, 0.1) is 34.0 Å². The smallest absolute Gasteiger partial charge is 0.240 e. The normalized spacial score (nSPS) is 11.0. The number of anilines is 2. The second-order valence-electron chi connectivity index (χ2n) is 5.82. The lowest BCUT2D eigenvalue weighted by Crippen LogP contribution is -2.33. The van der Waals surface area contributed by atoms with E-state index in [9.17, 15) is 15.8 Å². The molecule has 0 amide bonds. The summed E-state index contributed by atoms with van der Waals surface area (Å²) in [6.45, 7) is 5.28. The zero-order valence-electron chi connectivity index (χ0n) is 15.0. The Kier molecular flexibility index (Phi) is 6.15. The first-order valence-electron chi connectivity index (χ1n) is 8.48. The van der Waals surface area contributed by atoms with Crippen molar-refractivity contribution in [1.82, 2.24) is 0 Å². The maximum atomic E-state index is 9.80. The standard InChI is InChI=1S/C20H20N6/c1-3-26(4-2)20-17(13-23)18(16(12-22)19(24)25-20)15(11-21)10-14-8-6-5-7-9-14/h5-9,15H,3-4,10H2,1-2H3,(H2,24,25)/p+1/t15-/m1/s1. The van der Waals surface area contributed by atoms with Crippen molar-refractivity contribution in [2.75, 3.05) is 23.7 Å². The van der Waals surface area contributed by atoms with Crippen LogP contribution >= 0.6 is 0 Å². The Labute approximate surface area is 153 Å². The minimum Gasteiger partial charge on any atom is -0.318 e. The van der Waals surface area contributed by atoms with Gasteiger partial charge in [0.15, 0.2) is 0 Å². The van der Waals surface area contributed by atoms with E-state index in [1.165, 1.54) is 0 Å². The number of nitriles is 3. The Morgan fingerprint density at radius 3 is 2.15 bits per heavy atom. The number of nitrogens with one attached hydrogen (secondary N) is 1. The monoisotopic (exact) mass is 345 g/mol. The molecule has 0 fully saturated rings. The molecule has 1 heterocycles. The van der Waals surface area contributed by atoms with Crippen molar-refractivity contribution in [3.63, 3.8) is 0 Å². The molecule has 6 nitrogen and oxygen atoms in total. The fourth-order valence-electron chi connectivity index (χ4n) is 3.07. The molecule has 0 aliphatic heterocycles. The molecule has 0 saturated carbocycles. The molecule has 0 aliphatic carbocycles. The molecule has 2 aromatic rings. The van der Waals surface area contributed by atoms with Crippen LogP contribution in [0.2, 0.25) is 0 Å². The molecule has 130 valence electrons. The summed E-state index contributed by atoms with van der Waals surface area (Å²) in [5.41, 5.74) is 7.90. The highest BCUT2D eigenvalue weighted by Crippen LogP contribution is 2.32. The van der Waals surface area contributed by atoms with E-state index in [4.69, 9.17) is 5.73 Å². The molecule has 1 aromatic carbocycles. The van der Waals surface area contributed by atoms with Crippen molar-refractivity contribution in [3.05, 3.63) is 52.6 Å². The number of nitrogen functional groups attached to an aromatic ring is 1. The Morgan fingerprint density at radius 1 is 1.04 bits per heavy atom. The van der Waals surface area contributed by atoms with Crippen molar-refractivity contribution in [1.29, 1.82) is 15.8 Å². The molecule has 3 N–H and O–H groups in total. The van der Waals surface area contributed by atoms with Crippen LogP contribution in [0.25, 0.3) is 0 Å². The number of benzene rings is 1. The van der Waals surface area contributed by atoms with Gasteiger partial charge in [-0.15, -0.1) is 0 Å². The van der Waals surface area contributed by atoms with Crippen molar-refractivity contribution in [3.8, 4) is 18.2 Å². The second-order valence-corrected chi connectivity index (χ2v) is 5.82. The lowest BCUT2D eigenvalue weighted by Gasteiger charge is -2.20. The van der Waals surface area contributed by atoms with Gasteiger partial charge in [0.25, 0.3) is 0 Å². The van der Waals surface area contributed by atoms with E-state index < -0.39 is 5.92 Å².